The van der Waals surface area contributed by atoms with Gasteiger partial charge >= 0.3 is 0 Å². The van der Waals surface area contributed by atoms with E-state index in [0.717, 1.165) is 22.3 Å². The van der Waals surface area contributed by atoms with Crippen LogP contribution in [-0.2, 0) is 13.1 Å². The molecule has 5 rings (SSSR count). The summed E-state index contributed by atoms with van der Waals surface area (Å²) in [5, 5.41) is 13.7. The van der Waals surface area contributed by atoms with E-state index >= 15 is 0 Å². The van der Waals surface area contributed by atoms with Gasteiger partial charge in [-0.3, -0.25) is 9.69 Å². The van der Waals surface area contributed by atoms with Crippen LogP contribution in [0.25, 0.3) is 10.9 Å². The Morgan fingerprint density at radius 2 is 1.66 bits per heavy atom. The van der Waals surface area contributed by atoms with E-state index in [9.17, 15) is 4.79 Å². The number of H-pyrrole nitrogens is 1. The van der Waals surface area contributed by atoms with E-state index in [1.54, 1.807) is 18.9 Å². The second-order valence-electron chi connectivity index (χ2n) is 9.00. The number of tetrazole rings is 1. The number of nitrogens with one attached hydrogen (secondary N) is 1. The summed E-state index contributed by atoms with van der Waals surface area (Å²) in [5.41, 5.74) is 3.24. The third-order valence-corrected chi connectivity index (χ3v) is 6.67. The zero-order valence-corrected chi connectivity index (χ0v) is 21.7. The molecule has 0 saturated heterocycles. The van der Waals surface area contributed by atoms with E-state index in [2.05, 4.69) is 44.5 Å². The number of aromatic nitrogens is 5. The smallest absolute Gasteiger partial charge is 0.253 e. The number of hydrogen-bond acceptors (Lipinski definition) is 7. The number of nitrogens with zero attached hydrogens (tertiary/aromatic N) is 5. The van der Waals surface area contributed by atoms with Crippen LogP contribution in [0.15, 0.2) is 83.7 Å². The standard InChI is InChI=1S/C29H30N6O3/c1-4-34(18-20-8-6-5-7-9-20)27(25-16-22-12-15-24(38-3)17-26(22)30-29(25)36)28-31-32-33-35(28)19-21-10-13-23(37-2)14-11-21/h5-17,27H,4,18-19H2,1-3H3,(H,30,36)/t27-/m1/s1. The lowest BCUT2D eigenvalue weighted by atomic mass is 10.0. The SMILES string of the molecule is CCN(Cc1ccccc1)[C@H](c1cc2ccc(OC)cc2[nH]c1=O)c1nnnn1Cc1ccc(OC)cc1. The molecule has 9 nitrogen and oxygen atoms in total. The number of rotatable bonds is 10. The van der Waals surface area contributed by atoms with Gasteiger partial charge in [0.25, 0.3) is 5.56 Å². The summed E-state index contributed by atoms with van der Waals surface area (Å²) >= 11 is 0. The molecule has 5 aromatic rings. The molecule has 2 heterocycles. The molecular formula is C29H30N6O3. The quantitative estimate of drug-likeness (QED) is 0.301. The Balaban J connectivity index is 1.61. The zero-order chi connectivity index (χ0) is 26.5. The third kappa shape index (κ3) is 5.28. The summed E-state index contributed by atoms with van der Waals surface area (Å²) in [6, 6.07) is 25.1. The van der Waals surface area contributed by atoms with Crippen molar-refractivity contribution >= 4 is 10.9 Å². The van der Waals surface area contributed by atoms with Crippen LogP contribution in [0.5, 0.6) is 11.5 Å². The molecule has 3 aromatic carbocycles. The second-order valence-corrected chi connectivity index (χ2v) is 9.00. The lowest BCUT2D eigenvalue weighted by Gasteiger charge is -2.30. The molecule has 0 aliphatic rings. The first-order valence-corrected chi connectivity index (χ1v) is 12.5. The minimum atomic E-state index is -0.483. The first kappa shape index (κ1) is 25.2. The average Bonchev–Trinajstić information content (AvgIpc) is 3.41. The topological polar surface area (TPSA) is 98.2 Å². The van der Waals surface area contributed by atoms with Crippen molar-refractivity contribution in [1.29, 1.82) is 0 Å². The maximum absolute atomic E-state index is 13.6. The van der Waals surface area contributed by atoms with Crippen LogP contribution < -0.4 is 15.0 Å². The predicted molar refractivity (Wildman–Crippen MR) is 145 cm³/mol. The molecule has 0 amide bonds. The molecule has 194 valence electrons. The molecule has 1 N–H and O–H groups in total. The highest BCUT2D eigenvalue weighted by Gasteiger charge is 2.30. The van der Waals surface area contributed by atoms with Gasteiger partial charge < -0.3 is 14.5 Å². The van der Waals surface area contributed by atoms with Gasteiger partial charge in [-0.2, -0.15) is 0 Å². The highest BCUT2D eigenvalue weighted by molar-refractivity contribution is 5.80. The van der Waals surface area contributed by atoms with Gasteiger partial charge in [0.2, 0.25) is 0 Å². The maximum Gasteiger partial charge on any atom is 0.253 e. The molecule has 0 spiro atoms. The predicted octanol–water partition coefficient (Wildman–Crippen LogP) is 4.19. The fourth-order valence-electron chi connectivity index (χ4n) is 4.65. The van der Waals surface area contributed by atoms with Gasteiger partial charge in [0.1, 0.15) is 17.5 Å². The summed E-state index contributed by atoms with van der Waals surface area (Å²) in [5.74, 6) is 2.06. The molecule has 0 saturated carbocycles. The van der Waals surface area contributed by atoms with Gasteiger partial charge in [0, 0.05) is 18.2 Å². The first-order chi connectivity index (χ1) is 18.6. The van der Waals surface area contributed by atoms with Gasteiger partial charge in [-0.05, 0) is 63.8 Å². The summed E-state index contributed by atoms with van der Waals surface area (Å²) < 4.78 is 12.4. The van der Waals surface area contributed by atoms with Gasteiger partial charge in [-0.25, -0.2) is 4.68 Å². The second kappa shape index (κ2) is 11.3. The molecule has 0 aliphatic carbocycles. The van der Waals surface area contributed by atoms with Crippen LogP contribution in [0.2, 0.25) is 0 Å². The molecule has 0 unspecified atom stereocenters. The van der Waals surface area contributed by atoms with E-state index in [0.29, 0.717) is 42.3 Å². The number of benzene rings is 3. The van der Waals surface area contributed by atoms with E-state index in [1.165, 1.54) is 0 Å². The Labute approximate surface area is 220 Å². The van der Waals surface area contributed by atoms with Crippen LogP contribution in [0.4, 0.5) is 0 Å². The Bertz CT molecular complexity index is 1560. The highest BCUT2D eigenvalue weighted by atomic mass is 16.5. The van der Waals surface area contributed by atoms with Crippen LogP contribution in [0.3, 0.4) is 0 Å². The maximum atomic E-state index is 13.6. The largest absolute Gasteiger partial charge is 0.497 e. The number of fused-ring (bicyclic) bond motifs is 1. The van der Waals surface area contributed by atoms with Gasteiger partial charge in [0.15, 0.2) is 5.82 Å². The fraction of sp³-hybridized carbons (Fsp3) is 0.241. The van der Waals surface area contributed by atoms with Crippen LogP contribution in [0, 0.1) is 0 Å². The van der Waals surface area contributed by atoms with Crippen molar-refractivity contribution in [1.82, 2.24) is 30.1 Å². The molecule has 0 bridgehead atoms. The van der Waals surface area contributed by atoms with Crippen molar-refractivity contribution in [2.45, 2.75) is 26.1 Å². The molecule has 0 aliphatic heterocycles. The Morgan fingerprint density at radius 1 is 0.921 bits per heavy atom. The molecular weight excluding hydrogens is 480 g/mol. The summed E-state index contributed by atoms with van der Waals surface area (Å²) in [6.45, 7) is 3.83. The van der Waals surface area contributed by atoms with Gasteiger partial charge in [-0.1, -0.05) is 49.4 Å². The van der Waals surface area contributed by atoms with E-state index in [-0.39, 0.29) is 5.56 Å². The third-order valence-electron chi connectivity index (χ3n) is 6.67. The number of pyridine rings is 1. The van der Waals surface area contributed by atoms with Crippen molar-refractivity contribution < 1.29 is 9.47 Å². The van der Waals surface area contributed by atoms with Crippen LogP contribution in [-0.4, -0.2) is 50.9 Å². The highest BCUT2D eigenvalue weighted by Crippen LogP contribution is 2.29. The van der Waals surface area contributed by atoms with E-state index < -0.39 is 6.04 Å². The summed E-state index contributed by atoms with van der Waals surface area (Å²) in [7, 11) is 3.25. The van der Waals surface area contributed by atoms with Crippen molar-refractivity contribution in [2.75, 3.05) is 20.8 Å². The summed E-state index contributed by atoms with van der Waals surface area (Å²) in [4.78, 5) is 18.8. The van der Waals surface area contributed by atoms with Gasteiger partial charge in [0.05, 0.1) is 26.3 Å². The minimum Gasteiger partial charge on any atom is -0.497 e. The van der Waals surface area contributed by atoms with Crippen molar-refractivity contribution in [3.63, 3.8) is 0 Å². The average molecular weight is 511 g/mol. The Kier molecular flexibility index (Phi) is 7.46. The molecule has 0 fully saturated rings. The van der Waals surface area contributed by atoms with Crippen LogP contribution in [0.1, 0.15) is 35.5 Å². The number of aromatic amines is 1. The molecule has 0 radical (unpaired) electrons. The summed E-state index contributed by atoms with van der Waals surface area (Å²) in [6.07, 6.45) is 0. The lowest BCUT2D eigenvalue weighted by molar-refractivity contribution is 0.214. The van der Waals surface area contributed by atoms with Crippen molar-refractivity contribution in [3.8, 4) is 11.5 Å². The molecule has 9 heteroatoms. The zero-order valence-electron chi connectivity index (χ0n) is 21.7. The normalized spacial score (nSPS) is 12.1. The fourth-order valence-corrected chi connectivity index (χ4v) is 4.65. The molecule has 1 atom stereocenters. The van der Waals surface area contributed by atoms with E-state index in [1.807, 2.05) is 66.7 Å². The lowest BCUT2D eigenvalue weighted by Crippen LogP contribution is -2.35. The first-order valence-electron chi connectivity index (χ1n) is 12.5. The number of methoxy groups -OCH3 is 2. The van der Waals surface area contributed by atoms with Crippen molar-refractivity contribution in [3.05, 3.63) is 112 Å². The minimum absolute atomic E-state index is 0.193. The van der Waals surface area contributed by atoms with Gasteiger partial charge in [-0.15, -0.1) is 5.10 Å². The molecule has 38 heavy (non-hydrogen) atoms. The monoisotopic (exact) mass is 510 g/mol. The Hall–Kier alpha value is -4.50. The van der Waals surface area contributed by atoms with E-state index in [4.69, 9.17) is 9.47 Å². The Morgan fingerprint density at radius 3 is 2.37 bits per heavy atom. The number of ether oxygens (including phenoxy) is 2. The number of hydrogen-bond donors (Lipinski definition) is 1. The van der Waals surface area contributed by atoms with Crippen molar-refractivity contribution in [2.24, 2.45) is 0 Å². The van der Waals surface area contributed by atoms with Crippen LogP contribution >= 0.6 is 0 Å². The molecule has 2 aromatic heterocycles.